The van der Waals surface area contributed by atoms with Crippen LogP contribution >= 0.6 is 0 Å². The largest absolute Gasteiger partial charge is 0.507 e. The Morgan fingerprint density at radius 3 is 1.93 bits per heavy atom. The molecule has 4 nitrogen and oxygen atoms in total. The van der Waals surface area contributed by atoms with Crippen LogP contribution in [0.5, 0.6) is 11.5 Å². The van der Waals surface area contributed by atoms with Gasteiger partial charge < -0.3 is 14.6 Å². The van der Waals surface area contributed by atoms with Gasteiger partial charge >= 0.3 is 5.97 Å². The second kappa shape index (κ2) is 10.1. The van der Waals surface area contributed by atoms with Crippen molar-refractivity contribution in [1.29, 1.82) is 0 Å². The number of rotatable bonds is 4. The lowest BCUT2D eigenvalue weighted by Gasteiger charge is -2.43. The van der Waals surface area contributed by atoms with E-state index in [-0.39, 0.29) is 27.6 Å². The van der Waals surface area contributed by atoms with Crippen molar-refractivity contribution in [3.05, 3.63) is 93.0 Å². The molecule has 0 bridgehead atoms. The van der Waals surface area contributed by atoms with Gasteiger partial charge in [-0.05, 0) is 86.4 Å². The normalized spacial score (nSPS) is 20.6. The summed E-state index contributed by atoms with van der Waals surface area (Å²) < 4.78 is 11.5. The molecule has 1 heterocycles. The van der Waals surface area contributed by atoms with Crippen LogP contribution in [0.3, 0.4) is 0 Å². The number of fused-ring (bicyclic) bond motifs is 2. The first-order valence-corrected chi connectivity index (χ1v) is 15.7. The predicted octanol–water partition coefficient (Wildman–Crippen LogP) is 9.04. The van der Waals surface area contributed by atoms with Crippen molar-refractivity contribution in [2.45, 2.75) is 116 Å². The molecular weight excluding hydrogens is 532 g/mol. The van der Waals surface area contributed by atoms with Gasteiger partial charge in [-0.2, -0.15) is 0 Å². The number of phenolic OH excluding ortho intramolecular Hbond substituents is 1. The molecule has 1 unspecified atom stereocenters. The first kappa shape index (κ1) is 31.2. The number of hydrogen-bond acceptors (Lipinski definition) is 4. The van der Waals surface area contributed by atoms with Crippen molar-refractivity contribution in [2.75, 3.05) is 13.7 Å². The van der Waals surface area contributed by atoms with Crippen LogP contribution in [0.2, 0.25) is 0 Å². The summed E-state index contributed by atoms with van der Waals surface area (Å²) in [4.78, 5) is 12.4. The Morgan fingerprint density at radius 2 is 1.37 bits per heavy atom. The van der Waals surface area contributed by atoms with E-state index in [4.69, 9.17) is 9.47 Å². The highest BCUT2D eigenvalue weighted by atomic mass is 16.5. The Bertz CT molecular complexity index is 1540. The molecule has 1 aliphatic carbocycles. The van der Waals surface area contributed by atoms with Crippen LogP contribution in [0.4, 0.5) is 0 Å². The summed E-state index contributed by atoms with van der Waals surface area (Å²) in [5, 5.41) is 11.5. The molecule has 0 aromatic heterocycles. The van der Waals surface area contributed by atoms with E-state index in [1.165, 1.54) is 35.8 Å². The number of benzene rings is 3. The summed E-state index contributed by atoms with van der Waals surface area (Å²) in [6.45, 7) is 22.9. The summed E-state index contributed by atoms with van der Waals surface area (Å²) in [5.74, 6) is 0.747. The van der Waals surface area contributed by atoms with Crippen LogP contribution in [0.15, 0.2) is 48.5 Å². The zero-order chi connectivity index (χ0) is 31.8. The fourth-order valence-corrected chi connectivity index (χ4v) is 7.22. The maximum atomic E-state index is 12.4. The zero-order valence-corrected chi connectivity index (χ0v) is 28.1. The van der Waals surface area contributed by atoms with Crippen LogP contribution in [-0.2, 0) is 38.2 Å². The predicted molar refractivity (Wildman–Crippen MR) is 175 cm³/mol. The molecule has 1 atom stereocenters. The number of carbonyl (C=O) groups is 1. The Hall–Kier alpha value is -3.27. The summed E-state index contributed by atoms with van der Waals surface area (Å²) >= 11 is 0. The van der Waals surface area contributed by atoms with Gasteiger partial charge in [0.25, 0.3) is 0 Å². The highest BCUT2D eigenvalue weighted by Crippen LogP contribution is 2.51. The smallest absolute Gasteiger partial charge is 0.337 e. The van der Waals surface area contributed by atoms with Crippen LogP contribution in [-0.4, -0.2) is 24.8 Å². The van der Waals surface area contributed by atoms with Gasteiger partial charge in [0.1, 0.15) is 18.1 Å². The number of methoxy groups -OCH3 is 1. The van der Waals surface area contributed by atoms with Crippen molar-refractivity contribution in [2.24, 2.45) is 0 Å². The molecule has 0 saturated heterocycles. The van der Waals surface area contributed by atoms with Gasteiger partial charge in [-0.1, -0.05) is 106 Å². The summed E-state index contributed by atoms with van der Waals surface area (Å²) in [6, 6.07) is 17.2. The number of carbonyl (C=O) groups excluding carboxylic acids is 1. The summed E-state index contributed by atoms with van der Waals surface area (Å²) in [6.07, 6.45) is 3.01. The van der Waals surface area contributed by atoms with Gasteiger partial charge in [0.2, 0.25) is 0 Å². The maximum Gasteiger partial charge on any atom is 0.337 e. The topological polar surface area (TPSA) is 55.8 Å². The highest BCUT2D eigenvalue weighted by molar-refractivity contribution is 5.90. The molecule has 0 amide bonds. The fraction of sp³-hybridized carbons (Fsp3) is 0.513. The molecule has 4 heteroatoms. The van der Waals surface area contributed by atoms with E-state index in [9.17, 15) is 9.90 Å². The molecule has 3 aromatic rings. The first-order chi connectivity index (χ1) is 19.8. The molecule has 0 spiro atoms. The van der Waals surface area contributed by atoms with E-state index in [1.807, 2.05) is 12.1 Å². The minimum atomic E-state index is -0.474. The maximum absolute atomic E-state index is 12.4. The molecular formula is C39H50O4. The third-order valence-corrected chi connectivity index (χ3v) is 10.1. The third kappa shape index (κ3) is 5.36. The van der Waals surface area contributed by atoms with E-state index in [0.29, 0.717) is 24.3 Å². The van der Waals surface area contributed by atoms with E-state index >= 15 is 0 Å². The Kier molecular flexibility index (Phi) is 7.35. The van der Waals surface area contributed by atoms with Crippen molar-refractivity contribution in [1.82, 2.24) is 0 Å². The fourth-order valence-electron chi connectivity index (χ4n) is 7.22. The number of phenols is 1. The molecule has 1 N–H and O–H groups in total. The average Bonchev–Trinajstić information content (AvgIpc) is 3.28. The molecule has 3 aromatic carbocycles. The molecule has 0 saturated carbocycles. The van der Waals surface area contributed by atoms with Crippen molar-refractivity contribution < 1.29 is 19.4 Å². The molecule has 5 rings (SSSR count). The standard InChI is InChI=1S/C39H50O4/c1-35(2,3)30-18-24(19-31(33(30)40)36(4,5)6)22-39(23-43-32-20-25(34(41)42-11)12-14-28(32)39)26-13-15-27-29(21-26)38(9,10)17-16-37(27,7)8/h12-15,18-21,40H,16-17,22-23H2,1-11H3. The second-order valence-electron chi connectivity index (χ2n) is 16.3. The minimum Gasteiger partial charge on any atom is -0.507 e. The van der Waals surface area contributed by atoms with Crippen LogP contribution in [0, 0.1) is 0 Å². The molecule has 2 aliphatic rings. The third-order valence-electron chi connectivity index (χ3n) is 10.1. The van der Waals surface area contributed by atoms with Gasteiger partial charge in [-0.25, -0.2) is 4.79 Å². The van der Waals surface area contributed by atoms with Crippen molar-refractivity contribution >= 4 is 5.97 Å². The Morgan fingerprint density at radius 1 is 0.814 bits per heavy atom. The number of aromatic hydroxyl groups is 1. The zero-order valence-electron chi connectivity index (χ0n) is 28.1. The number of hydrogen-bond donors (Lipinski definition) is 1. The van der Waals surface area contributed by atoms with Gasteiger partial charge in [0.05, 0.1) is 18.1 Å². The van der Waals surface area contributed by atoms with Crippen LogP contribution in [0.25, 0.3) is 0 Å². The lowest BCUT2D eigenvalue weighted by atomic mass is 9.61. The number of esters is 1. The monoisotopic (exact) mass is 582 g/mol. The lowest BCUT2D eigenvalue weighted by molar-refractivity contribution is 0.0600. The molecule has 1 aliphatic heterocycles. The summed E-state index contributed by atoms with van der Waals surface area (Å²) in [7, 11) is 1.40. The van der Waals surface area contributed by atoms with Gasteiger partial charge in [0, 0.05) is 5.56 Å². The minimum absolute atomic E-state index is 0.0659. The van der Waals surface area contributed by atoms with Crippen molar-refractivity contribution in [3.8, 4) is 11.5 Å². The summed E-state index contributed by atoms with van der Waals surface area (Å²) in [5.41, 5.74) is 7.97. The van der Waals surface area contributed by atoms with Gasteiger partial charge in [-0.3, -0.25) is 0 Å². The molecule has 230 valence electrons. The average molecular weight is 583 g/mol. The second-order valence-corrected chi connectivity index (χ2v) is 16.3. The van der Waals surface area contributed by atoms with E-state index < -0.39 is 5.41 Å². The quantitative estimate of drug-likeness (QED) is 0.312. The Balaban J connectivity index is 1.76. The lowest BCUT2D eigenvalue weighted by Crippen LogP contribution is -2.37. The van der Waals surface area contributed by atoms with Crippen LogP contribution in [0.1, 0.15) is 131 Å². The van der Waals surface area contributed by atoms with Crippen LogP contribution < -0.4 is 4.74 Å². The molecule has 0 fully saturated rings. The highest BCUT2D eigenvalue weighted by Gasteiger charge is 2.45. The molecule has 43 heavy (non-hydrogen) atoms. The van der Waals surface area contributed by atoms with E-state index in [0.717, 1.165) is 28.9 Å². The van der Waals surface area contributed by atoms with E-state index in [2.05, 4.69) is 106 Å². The van der Waals surface area contributed by atoms with Crippen molar-refractivity contribution in [3.63, 3.8) is 0 Å². The van der Waals surface area contributed by atoms with E-state index in [1.54, 1.807) is 0 Å². The first-order valence-electron chi connectivity index (χ1n) is 15.7. The SMILES string of the molecule is COC(=O)c1ccc2c(c1)OCC2(Cc1cc(C(C)(C)C)c(O)c(C(C)(C)C)c1)c1ccc2c(c1)C(C)(C)CCC2(C)C. The molecule has 0 radical (unpaired) electrons. The number of ether oxygens (including phenoxy) is 2. The Labute approximate surface area is 258 Å². The van der Waals surface area contributed by atoms with Gasteiger partial charge in [0.15, 0.2) is 0 Å². The van der Waals surface area contributed by atoms with Gasteiger partial charge in [-0.15, -0.1) is 0 Å².